The average molecular weight is 530 g/mol. The molecule has 1 N–H and O–H groups in total. The lowest BCUT2D eigenvalue weighted by atomic mass is 9.88. The van der Waals surface area contributed by atoms with E-state index in [4.69, 9.17) is 16.3 Å². The van der Waals surface area contributed by atoms with E-state index in [1.165, 1.54) is 6.07 Å². The van der Waals surface area contributed by atoms with Crippen molar-refractivity contribution in [1.29, 1.82) is 0 Å². The van der Waals surface area contributed by atoms with Gasteiger partial charge < -0.3 is 19.9 Å². The summed E-state index contributed by atoms with van der Waals surface area (Å²) in [5, 5.41) is 3.41. The molecule has 0 bridgehead atoms. The molecular weight excluding hydrogens is 503 g/mol. The van der Waals surface area contributed by atoms with Crippen LogP contribution in [0.25, 0.3) is 0 Å². The molecule has 0 spiro atoms. The molecule has 0 unspecified atom stereocenters. The van der Waals surface area contributed by atoms with Crippen LogP contribution in [-0.4, -0.2) is 77.3 Å². The number of ketones is 1. The molecule has 0 radical (unpaired) electrons. The van der Waals surface area contributed by atoms with Crippen molar-refractivity contribution in [2.45, 2.75) is 81.6 Å². The van der Waals surface area contributed by atoms with Gasteiger partial charge in [0.25, 0.3) is 5.91 Å². The van der Waals surface area contributed by atoms with Crippen LogP contribution < -0.4 is 10.1 Å². The Kier molecular flexibility index (Phi) is 6.80. The number of hydrogen-bond acceptors (Lipinski definition) is 5. The highest BCUT2D eigenvalue weighted by atomic mass is 35.5. The van der Waals surface area contributed by atoms with Crippen LogP contribution in [0.5, 0.6) is 5.75 Å². The van der Waals surface area contributed by atoms with Crippen LogP contribution >= 0.6 is 11.6 Å². The van der Waals surface area contributed by atoms with Gasteiger partial charge in [-0.3, -0.25) is 14.3 Å². The first kappa shape index (κ1) is 25.1. The minimum atomic E-state index is -4.65. The lowest BCUT2D eigenvalue weighted by Gasteiger charge is -2.41. The third-order valence-electron chi connectivity index (χ3n) is 7.54. The molecule has 4 aliphatic rings. The van der Waals surface area contributed by atoms with E-state index in [0.29, 0.717) is 55.1 Å². The summed E-state index contributed by atoms with van der Waals surface area (Å²) in [6, 6.07) is 4.33. The summed E-state index contributed by atoms with van der Waals surface area (Å²) in [7, 11) is 0. The van der Waals surface area contributed by atoms with Gasteiger partial charge in [-0.1, -0.05) is 11.6 Å². The van der Waals surface area contributed by atoms with Gasteiger partial charge in [-0.15, -0.1) is 13.2 Å². The summed E-state index contributed by atoms with van der Waals surface area (Å²) in [5.74, 6) is -0.182. The van der Waals surface area contributed by atoms with Crippen molar-refractivity contribution >= 4 is 29.3 Å². The lowest BCUT2D eigenvalue weighted by molar-refractivity contribution is -0.353. The number of fused-ring (bicyclic) bond motifs is 1. The third-order valence-corrected chi connectivity index (χ3v) is 7.78. The largest absolute Gasteiger partial charge is 0.522 e. The Labute approximate surface area is 211 Å². The van der Waals surface area contributed by atoms with E-state index in [1.54, 1.807) is 21.9 Å². The molecule has 1 aromatic carbocycles. The van der Waals surface area contributed by atoms with E-state index in [9.17, 15) is 27.6 Å². The third kappa shape index (κ3) is 5.27. The monoisotopic (exact) mass is 529 g/mol. The van der Waals surface area contributed by atoms with Crippen molar-refractivity contribution in [3.05, 3.63) is 28.8 Å². The van der Waals surface area contributed by atoms with Crippen LogP contribution in [0.2, 0.25) is 5.02 Å². The van der Waals surface area contributed by atoms with Crippen LogP contribution in [0, 0.1) is 0 Å². The molecule has 1 saturated heterocycles. The Morgan fingerprint density at radius 1 is 1.06 bits per heavy atom. The van der Waals surface area contributed by atoms with Gasteiger partial charge in [-0.05, 0) is 56.7 Å². The smallest absolute Gasteiger partial charge is 0.479 e. The van der Waals surface area contributed by atoms with Gasteiger partial charge >= 0.3 is 12.4 Å². The standard InChI is InChI=1S/C24H27ClF3N3O5/c25-13-1-6-20-18(9-13)19(32)12-21(35-20)22(33)29-14-2-4-15(5-3-14)30-7-8-31(23(30)34)16-10-17(11-16)36-24(26,27)28/h1,6,9,14-17,21H,2-5,7-8,10-12H2,(H,29,33)/t14?,15?,16?,17?,21-/m1/s1. The number of rotatable bonds is 5. The first-order valence-corrected chi connectivity index (χ1v) is 12.6. The summed E-state index contributed by atoms with van der Waals surface area (Å²) in [6.45, 7) is 1.04. The van der Waals surface area contributed by atoms with Crippen LogP contribution in [0.3, 0.4) is 0 Å². The number of alkyl halides is 3. The molecule has 1 atom stereocenters. The van der Waals surface area contributed by atoms with Crippen LogP contribution in [0.4, 0.5) is 18.0 Å². The zero-order valence-electron chi connectivity index (χ0n) is 19.4. The van der Waals surface area contributed by atoms with Gasteiger partial charge in [0.05, 0.1) is 18.1 Å². The molecule has 12 heteroatoms. The molecule has 36 heavy (non-hydrogen) atoms. The predicted octanol–water partition coefficient (Wildman–Crippen LogP) is 3.91. The van der Waals surface area contributed by atoms with Crippen LogP contribution in [0.1, 0.15) is 55.3 Å². The number of nitrogens with zero attached hydrogens (tertiary/aromatic N) is 2. The van der Waals surface area contributed by atoms with Gasteiger partial charge in [-0.2, -0.15) is 0 Å². The highest BCUT2D eigenvalue weighted by molar-refractivity contribution is 6.31. The maximum absolute atomic E-state index is 12.9. The Bertz CT molecular complexity index is 1040. The molecule has 2 saturated carbocycles. The van der Waals surface area contributed by atoms with Crippen molar-refractivity contribution in [3.63, 3.8) is 0 Å². The second-order valence-corrected chi connectivity index (χ2v) is 10.3. The molecule has 3 fully saturated rings. The highest BCUT2D eigenvalue weighted by Crippen LogP contribution is 2.36. The van der Waals surface area contributed by atoms with Crippen LogP contribution in [0.15, 0.2) is 18.2 Å². The van der Waals surface area contributed by atoms with E-state index < -0.39 is 18.6 Å². The summed E-state index contributed by atoms with van der Waals surface area (Å²) in [4.78, 5) is 41.6. The Morgan fingerprint density at radius 3 is 2.39 bits per heavy atom. The topological polar surface area (TPSA) is 88.2 Å². The minimum absolute atomic E-state index is 0.0297. The molecule has 8 nitrogen and oxygen atoms in total. The van der Waals surface area contributed by atoms with Crippen LogP contribution in [-0.2, 0) is 9.53 Å². The number of halogens is 4. The first-order valence-electron chi connectivity index (χ1n) is 12.2. The first-order chi connectivity index (χ1) is 17.1. The number of nitrogens with one attached hydrogen (secondary N) is 1. The van der Waals surface area contributed by atoms with E-state index >= 15 is 0 Å². The summed E-state index contributed by atoms with van der Waals surface area (Å²) in [6.07, 6.45) is -3.32. The fourth-order valence-electron chi connectivity index (χ4n) is 5.60. The molecule has 2 aliphatic carbocycles. The normalized spacial score (nSPS) is 30.5. The maximum Gasteiger partial charge on any atom is 0.522 e. The summed E-state index contributed by atoms with van der Waals surface area (Å²) < 4.78 is 46.8. The molecule has 3 amide bonds. The number of ether oxygens (including phenoxy) is 2. The maximum atomic E-state index is 12.9. The molecule has 2 aliphatic heterocycles. The molecule has 1 aromatic rings. The number of hydrogen-bond donors (Lipinski definition) is 1. The average Bonchev–Trinajstić information content (AvgIpc) is 3.17. The van der Waals surface area contributed by atoms with Crippen molar-refractivity contribution in [1.82, 2.24) is 15.1 Å². The lowest BCUT2D eigenvalue weighted by Crippen LogP contribution is -2.52. The SMILES string of the molecule is O=C1C[C@H](C(=O)NC2CCC(N3CCN(C4CC(OC(F)(F)F)C4)C3=O)CC2)Oc2ccc(Cl)cc21. The fraction of sp³-hybridized carbons (Fsp3) is 0.625. The number of carbonyl (C=O) groups excluding carboxylic acids is 3. The predicted molar refractivity (Wildman–Crippen MR) is 122 cm³/mol. The van der Waals surface area contributed by atoms with Crippen molar-refractivity contribution in [2.24, 2.45) is 0 Å². The number of carbonyl (C=O) groups is 3. The molecule has 0 aromatic heterocycles. The molecular formula is C24H27ClF3N3O5. The Morgan fingerprint density at radius 2 is 1.72 bits per heavy atom. The fourth-order valence-corrected chi connectivity index (χ4v) is 5.77. The van der Waals surface area contributed by atoms with E-state index in [0.717, 1.165) is 0 Å². The zero-order chi connectivity index (χ0) is 25.6. The van der Waals surface area contributed by atoms with E-state index in [-0.39, 0.29) is 55.1 Å². The second kappa shape index (κ2) is 9.74. The number of amides is 3. The zero-order valence-corrected chi connectivity index (χ0v) is 20.2. The quantitative estimate of drug-likeness (QED) is 0.625. The number of urea groups is 1. The summed E-state index contributed by atoms with van der Waals surface area (Å²) in [5.41, 5.74) is 0.377. The van der Waals surface area contributed by atoms with Crippen molar-refractivity contribution in [3.8, 4) is 5.75 Å². The van der Waals surface area contributed by atoms with E-state index in [1.807, 2.05) is 0 Å². The van der Waals surface area contributed by atoms with Gasteiger partial charge in [0.1, 0.15) is 5.75 Å². The van der Waals surface area contributed by atoms with Crippen molar-refractivity contribution in [2.75, 3.05) is 13.1 Å². The Balaban J connectivity index is 1.07. The van der Waals surface area contributed by atoms with Gasteiger partial charge in [0, 0.05) is 36.2 Å². The van der Waals surface area contributed by atoms with Gasteiger partial charge in [0.2, 0.25) is 0 Å². The number of Topliss-reactive ketones (excluding diaryl/α,β-unsaturated/α-hetero) is 1. The number of benzene rings is 1. The van der Waals surface area contributed by atoms with E-state index in [2.05, 4.69) is 10.1 Å². The minimum Gasteiger partial charge on any atom is -0.479 e. The molecule has 196 valence electrons. The summed E-state index contributed by atoms with van der Waals surface area (Å²) >= 11 is 5.94. The van der Waals surface area contributed by atoms with Gasteiger partial charge in [0.15, 0.2) is 11.9 Å². The molecule has 5 rings (SSSR count). The Hall–Kier alpha value is -2.53. The second-order valence-electron chi connectivity index (χ2n) is 9.87. The highest BCUT2D eigenvalue weighted by Gasteiger charge is 2.46. The van der Waals surface area contributed by atoms with Crippen molar-refractivity contribution < 1.29 is 37.0 Å². The van der Waals surface area contributed by atoms with Gasteiger partial charge in [-0.25, -0.2) is 4.79 Å². The molecule has 2 heterocycles.